The van der Waals surface area contributed by atoms with Crippen molar-refractivity contribution >= 4 is 47.4 Å². The van der Waals surface area contributed by atoms with Gasteiger partial charge in [-0.2, -0.15) is 0 Å². The number of aromatic nitrogens is 2. The summed E-state index contributed by atoms with van der Waals surface area (Å²) in [6.07, 6.45) is 0.992. The van der Waals surface area contributed by atoms with Crippen molar-refractivity contribution in [3.05, 3.63) is 53.1 Å². The number of Topliss-reactive ketones (excluding diaryl/α,β-unsaturated/α-hetero) is 1. The van der Waals surface area contributed by atoms with Gasteiger partial charge in [-0.25, -0.2) is 14.4 Å². The van der Waals surface area contributed by atoms with Crippen molar-refractivity contribution in [2.75, 3.05) is 31.3 Å². The molecule has 0 bridgehead atoms. The number of halogens is 2. The molecule has 0 aliphatic heterocycles. The number of hydrogen-bond donors (Lipinski definition) is 1. The Morgan fingerprint density at radius 3 is 2.47 bits per heavy atom. The fourth-order valence-electron chi connectivity index (χ4n) is 3.37. The Bertz CT molecular complexity index is 1220. The van der Waals surface area contributed by atoms with Crippen molar-refractivity contribution in [1.29, 1.82) is 0 Å². The molecule has 0 aliphatic rings. The largest absolute Gasteiger partial charge is 0.494 e. The van der Waals surface area contributed by atoms with Crippen molar-refractivity contribution in [3.8, 4) is 5.75 Å². The molecule has 8 nitrogen and oxygen atoms in total. The highest BCUT2D eigenvalue weighted by atomic mass is 35.5. The molecule has 0 spiro atoms. The predicted octanol–water partition coefficient (Wildman–Crippen LogP) is 5.94. The number of benzene rings is 2. The first-order chi connectivity index (χ1) is 16.3. The maximum atomic E-state index is 13.5. The second-order valence-corrected chi connectivity index (χ2v) is 9.67. The van der Waals surface area contributed by atoms with Crippen LogP contribution in [0.15, 0.2) is 36.7 Å². The standard InChI is InChI=1S/C23H26ClFN3O5P/c1-4-31-22-12-21-18(10-15(22)9-17(29)13-34(30,32-5-2)33-6-3)23(27-14-26-21)28-16-7-8-20(25)19(24)11-16/h7-8,10-12,14H,4-6,9,13H2,1-3H3,(H,26,27,28). The van der Waals surface area contributed by atoms with Crippen LogP contribution in [0.4, 0.5) is 15.9 Å². The molecule has 0 radical (unpaired) electrons. The van der Waals surface area contributed by atoms with E-state index in [0.717, 1.165) is 0 Å². The minimum Gasteiger partial charge on any atom is -0.494 e. The average Bonchev–Trinajstić information content (AvgIpc) is 2.77. The number of nitrogens with zero attached hydrogens (tertiary/aromatic N) is 2. The molecule has 0 saturated carbocycles. The molecule has 2 aromatic carbocycles. The summed E-state index contributed by atoms with van der Waals surface area (Å²) in [4.78, 5) is 21.4. The van der Waals surface area contributed by atoms with Gasteiger partial charge in [-0.15, -0.1) is 0 Å². The van der Waals surface area contributed by atoms with E-state index in [-0.39, 0.29) is 36.6 Å². The first kappa shape index (κ1) is 26.0. The van der Waals surface area contributed by atoms with Crippen LogP contribution in [0.2, 0.25) is 5.02 Å². The van der Waals surface area contributed by atoms with Crippen molar-refractivity contribution in [2.24, 2.45) is 0 Å². The van der Waals surface area contributed by atoms with Crippen LogP contribution < -0.4 is 10.1 Å². The highest BCUT2D eigenvalue weighted by molar-refractivity contribution is 7.54. The van der Waals surface area contributed by atoms with Crippen LogP contribution in [0.5, 0.6) is 5.75 Å². The van der Waals surface area contributed by atoms with E-state index in [1.807, 2.05) is 6.92 Å². The molecule has 0 amide bonds. The molecule has 1 N–H and O–H groups in total. The van der Waals surface area contributed by atoms with Gasteiger partial charge in [-0.1, -0.05) is 11.6 Å². The third-order valence-electron chi connectivity index (χ3n) is 4.71. The lowest BCUT2D eigenvalue weighted by Gasteiger charge is -2.17. The van der Waals surface area contributed by atoms with Crippen LogP contribution in [-0.2, 0) is 24.8 Å². The van der Waals surface area contributed by atoms with Crippen molar-refractivity contribution < 1.29 is 27.5 Å². The second-order valence-electron chi connectivity index (χ2n) is 7.21. The van der Waals surface area contributed by atoms with E-state index >= 15 is 0 Å². The fourth-order valence-corrected chi connectivity index (χ4v) is 5.14. The average molecular weight is 510 g/mol. The lowest BCUT2D eigenvalue weighted by molar-refractivity contribution is -0.116. The summed E-state index contributed by atoms with van der Waals surface area (Å²) in [6.45, 7) is 5.94. The van der Waals surface area contributed by atoms with Gasteiger partial charge < -0.3 is 19.1 Å². The predicted molar refractivity (Wildman–Crippen MR) is 130 cm³/mol. The van der Waals surface area contributed by atoms with Crippen LogP contribution in [-0.4, -0.2) is 41.7 Å². The zero-order valence-electron chi connectivity index (χ0n) is 19.1. The number of ether oxygens (including phenoxy) is 1. The Morgan fingerprint density at radius 2 is 1.82 bits per heavy atom. The van der Waals surface area contributed by atoms with Gasteiger partial charge >= 0.3 is 7.60 Å². The SMILES string of the molecule is CCOc1cc2ncnc(Nc3ccc(F)c(Cl)c3)c2cc1CC(=O)CP(=O)(OCC)OCC. The zero-order valence-corrected chi connectivity index (χ0v) is 20.8. The van der Waals surface area contributed by atoms with E-state index in [1.54, 1.807) is 26.0 Å². The molecule has 182 valence electrons. The maximum absolute atomic E-state index is 13.5. The summed E-state index contributed by atoms with van der Waals surface area (Å²) in [6, 6.07) is 7.70. The van der Waals surface area contributed by atoms with Gasteiger partial charge in [-0.3, -0.25) is 9.36 Å². The Balaban J connectivity index is 1.95. The highest BCUT2D eigenvalue weighted by Crippen LogP contribution is 2.48. The topological polar surface area (TPSA) is 99.6 Å². The second kappa shape index (κ2) is 11.7. The summed E-state index contributed by atoms with van der Waals surface area (Å²) in [5.41, 5.74) is 1.70. The lowest BCUT2D eigenvalue weighted by atomic mass is 10.0. The molecule has 0 fully saturated rings. The molecule has 3 rings (SSSR count). The zero-order chi connectivity index (χ0) is 24.7. The van der Waals surface area contributed by atoms with Crippen LogP contribution in [0, 0.1) is 5.82 Å². The van der Waals surface area contributed by atoms with Crippen LogP contribution in [0.25, 0.3) is 10.9 Å². The number of hydrogen-bond acceptors (Lipinski definition) is 8. The Kier molecular flexibility index (Phi) is 8.97. The molecule has 0 atom stereocenters. The molecule has 0 unspecified atom stereocenters. The lowest BCUT2D eigenvalue weighted by Crippen LogP contribution is -2.13. The van der Waals surface area contributed by atoms with Crippen molar-refractivity contribution in [2.45, 2.75) is 27.2 Å². The smallest absolute Gasteiger partial charge is 0.338 e. The molecular weight excluding hydrogens is 484 g/mol. The van der Waals surface area contributed by atoms with Gasteiger partial charge in [-0.05, 0) is 45.0 Å². The van der Waals surface area contributed by atoms with E-state index in [0.29, 0.717) is 40.3 Å². The summed E-state index contributed by atoms with van der Waals surface area (Å²) in [5, 5.41) is 3.70. The fraction of sp³-hybridized carbons (Fsp3) is 0.348. The first-order valence-electron chi connectivity index (χ1n) is 10.8. The number of rotatable bonds is 12. The van der Waals surface area contributed by atoms with E-state index in [2.05, 4.69) is 15.3 Å². The van der Waals surface area contributed by atoms with Gasteiger partial charge in [0, 0.05) is 29.1 Å². The number of carbonyl (C=O) groups is 1. The molecule has 3 aromatic rings. The Hall–Kier alpha value is -2.58. The molecular formula is C23H26ClFN3O5P. The van der Waals surface area contributed by atoms with E-state index in [4.69, 9.17) is 25.4 Å². The minimum absolute atomic E-state index is 0.0266. The quantitative estimate of drug-likeness (QED) is 0.299. The number of carbonyl (C=O) groups excluding carboxylic acids is 1. The number of fused-ring (bicyclic) bond motifs is 1. The van der Waals surface area contributed by atoms with Gasteiger partial charge in [0.25, 0.3) is 0 Å². The van der Waals surface area contributed by atoms with Gasteiger partial charge in [0.2, 0.25) is 0 Å². The summed E-state index contributed by atoms with van der Waals surface area (Å²) in [7, 11) is -3.53. The molecule has 11 heteroatoms. The van der Waals surface area contributed by atoms with Crippen LogP contribution >= 0.6 is 19.2 Å². The summed E-state index contributed by atoms with van der Waals surface area (Å²) in [5.74, 6) is 0.0831. The third-order valence-corrected chi connectivity index (χ3v) is 7.04. The number of nitrogens with one attached hydrogen (secondary N) is 1. The van der Waals surface area contributed by atoms with Gasteiger partial charge in [0.1, 0.15) is 35.7 Å². The van der Waals surface area contributed by atoms with Crippen molar-refractivity contribution in [1.82, 2.24) is 9.97 Å². The van der Waals surface area contributed by atoms with E-state index < -0.39 is 13.4 Å². The van der Waals surface area contributed by atoms with Gasteiger partial charge in [0.05, 0.1) is 30.4 Å². The monoisotopic (exact) mass is 509 g/mol. The minimum atomic E-state index is -3.53. The summed E-state index contributed by atoms with van der Waals surface area (Å²) >= 11 is 5.89. The normalized spacial score (nSPS) is 11.6. The molecule has 34 heavy (non-hydrogen) atoms. The van der Waals surface area contributed by atoms with E-state index in [9.17, 15) is 13.8 Å². The summed E-state index contributed by atoms with van der Waals surface area (Å²) < 4.78 is 42.5. The maximum Gasteiger partial charge on any atom is 0.338 e. The molecule has 1 heterocycles. The molecule has 0 saturated heterocycles. The van der Waals surface area contributed by atoms with Crippen molar-refractivity contribution in [3.63, 3.8) is 0 Å². The Morgan fingerprint density at radius 1 is 1.09 bits per heavy atom. The highest BCUT2D eigenvalue weighted by Gasteiger charge is 2.28. The van der Waals surface area contributed by atoms with E-state index in [1.165, 1.54) is 24.5 Å². The van der Waals surface area contributed by atoms with Crippen LogP contribution in [0.1, 0.15) is 26.3 Å². The number of anilines is 2. The molecule has 0 aliphatic carbocycles. The Labute approximate surface area is 202 Å². The van der Waals surface area contributed by atoms with Crippen LogP contribution in [0.3, 0.4) is 0 Å². The number of ketones is 1. The molecule has 1 aromatic heterocycles. The van der Waals surface area contributed by atoms with Gasteiger partial charge in [0.15, 0.2) is 0 Å². The first-order valence-corrected chi connectivity index (χ1v) is 12.9. The third kappa shape index (κ3) is 6.51.